The van der Waals surface area contributed by atoms with Crippen molar-refractivity contribution >= 4 is 35.0 Å². The normalized spacial score (nSPS) is 13.1. The smallest absolute Gasteiger partial charge is 0.237 e. The first-order valence-electron chi connectivity index (χ1n) is 8.82. The summed E-state index contributed by atoms with van der Waals surface area (Å²) in [5.41, 5.74) is 1.40. The summed E-state index contributed by atoms with van der Waals surface area (Å²) in [4.78, 5) is 25.1. The molecule has 1 unspecified atom stereocenters. The maximum atomic E-state index is 12.5. The average Bonchev–Trinajstić information content (AvgIpc) is 3.10. The minimum Gasteiger partial charge on any atom is -0.454 e. The molecule has 0 saturated heterocycles. The SMILES string of the molecule is CCCC(=O)Nc1cccc(SC(C)C(=O)Nc2ccc3c(c2)OCO3)c1. The predicted octanol–water partition coefficient (Wildman–Crippen LogP) is 4.27. The van der Waals surface area contributed by atoms with Crippen LogP contribution in [-0.2, 0) is 9.59 Å². The number of carbonyl (C=O) groups is 2. The van der Waals surface area contributed by atoms with Crippen LogP contribution in [0.4, 0.5) is 11.4 Å². The van der Waals surface area contributed by atoms with Gasteiger partial charge in [0.25, 0.3) is 0 Å². The van der Waals surface area contributed by atoms with Crippen molar-refractivity contribution in [1.82, 2.24) is 0 Å². The molecule has 142 valence electrons. The fraction of sp³-hybridized carbons (Fsp3) is 0.300. The molecular formula is C20H22N2O4S. The molecule has 1 heterocycles. The summed E-state index contributed by atoms with van der Waals surface area (Å²) in [5.74, 6) is 1.19. The lowest BCUT2D eigenvalue weighted by atomic mass is 10.2. The Balaban J connectivity index is 1.58. The van der Waals surface area contributed by atoms with Gasteiger partial charge in [0.15, 0.2) is 11.5 Å². The number of nitrogens with one attached hydrogen (secondary N) is 2. The number of anilines is 2. The summed E-state index contributed by atoms with van der Waals surface area (Å²) in [7, 11) is 0. The lowest BCUT2D eigenvalue weighted by Gasteiger charge is -2.13. The molecule has 1 aliphatic heterocycles. The lowest BCUT2D eigenvalue weighted by Crippen LogP contribution is -2.22. The molecule has 2 amide bonds. The highest BCUT2D eigenvalue weighted by molar-refractivity contribution is 8.00. The fourth-order valence-electron chi connectivity index (χ4n) is 2.57. The molecule has 0 aromatic heterocycles. The highest BCUT2D eigenvalue weighted by Crippen LogP contribution is 2.34. The van der Waals surface area contributed by atoms with Crippen LogP contribution in [0.2, 0.25) is 0 Å². The Kier molecular flexibility index (Phi) is 6.24. The third-order valence-electron chi connectivity index (χ3n) is 3.92. The van der Waals surface area contributed by atoms with Crippen molar-refractivity contribution in [3.63, 3.8) is 0 Å². The maximum absolute atomic E-state index is 12.5. The van der Waals surface area contributed by atoms with Crippen molar-refractivity contribution in [2.24, 2.45) is 0 Å². The van der Waals surface area contributed by atoms with Gasteiger partial charge in [-0.05, 0) is 43.7 Å². The minimum atomic E-state index is -0.308. The third-order valence-corrected chi connectivity index (χ3v) is 5.01. The molecule has 0 bridgehead atoms. The second-order valence-corrected chi connectivity index (χ2v) is 7.56. The molecule has 7 heteroatoms. The molecule has 0 aliphatic carbocycles. The molecule has 2 aromatic rings. The van der Waals surface area contributed by atoms with Crippen molar-refractivity contribution in [2.45, 2.75) is 36.8 Å². The Hall–Kier alpha value is -2.67. The lowest BCUT2D eigenvalue weighted by molar-refractivity contribution is -0.116. The first-order valence-corrected chi connectivity index (χ1v) is 9.70. The summed E-state index contributed by atoms with van der Waals surface area (Å²) in [6, 6.07) is 12.8. The van der Waals surface area contributed by atoms with Crippen LogP contribution in [0, 0.1) is 0 Å². The van der Waals surface area contributed by atoms with Gasteiger partial charge < -0.3 is 20.1 Å². The van der Waals surface area contributed by atoms with E-state index in [9.17, 15) is 9.59 Å². The van der Waals surface area contributed by atoms with Crippen LogP contribution < -0.4 is 20.1 Å². The van der Waals surface area contributed by atoms with Gasteiger partial charge in [-0.2, -0.15) is 0 Å². The van der Waals surface area contributed by atoms with E-state index in [4.69, 9.17) is 9.47 Å². The molecule has 1 aliphatic rings. The van der Waals surface area contributed by atoms with E-state index in [1.165, 1.54) is 11.8 Å². The molecule has 6 nitrogen and oxygen atoms in total. The molecule has 0 spiro atoms. The highest BCUT2D eigenvalue weighted by Gasteiger charge is 2.18. The number of hydrogen-bond donors (Lipinski definition) is 2. The summed E-state index contributed by atoms with van der Waals surface area (Å²) < 4.78 is 10.6. The second kappa shape index (κ2) is 8.81. The predicted molar refractivity (Wildman–Crippen MR) is 106 cm³/mol. The number of carbonyl (C=O) groups excluding carboxylic acids is 2. The Morgan fingerprint density at radius 2 is 1.85 bits per heavy atom. The monoisotopic (exact) mass is 386 g/mol. The molecule has 2 aromatic carbocycles. The van der Waals surface area contributed by atoms with E-state index in [0.717, 1.165) is 17.0 Å². The van der Waals surface area contributed by atoms with Crippen molar-refractivity contribution in [3.05, 3.63) is 42.5 Å². The Bertz CT molecular complexity index is 840. The number of benzene rings is 2. The number of fused-ring (bicyclic) bond motifs is 1. The van der Waals surface area contributed by atoms with Gasteiger partial charge in [-0.3, -0.25) is 9.59 Å². The highest BCUT2D eigenvalue weighted by atomic mass is 32.2. The van der Waals surface area contributed by atoms with Gasteiger partial charge in [0, 0.05) is 28.8 Å². The molecular weight excluding hydrogens is 364 g/mol. The van der Waals surface area contributed by atoms with Gasteiger partial charge in [0.1, 0.15) is 0 Å². The summed E-state index contributed by atoms with van der Waals surface area (Å²) >= 11 is 1.43. The minimum absolute atomic E-state index is 0.00625. The zero-order valence-electron chi connectivity index (χ0n) is 15.3. The largest absolute Gasteiger partial charge is 0.454 e. The van der Waals surface area contributed by atoms with E-state index in [2.05, 4.69) is 10.6 Å². The second-order valence-electron chi connectivity index (χ2n) is 6.14. The Morgan fingerprint density at radius 3 is 2.67 bits per heavy atom. The first-order chi connectivity index (χ1) is 13.0. The van der Waals surface area contributed by atoms with Crippen LogP contribution in [-0.4, -0.2) is 23.9 Å². The van der Waals surface area contributed by atoms with E-state index in [1.54, 1.807) is 18.2 Å². The number of ether oxygens (including phenoxy) is 2. The van der Waals surface area contributed by atoms with Crippen molar-refractivity contribution in [2.75, 3.05) is 17.4 Å². The number of thioether (sulfide) groups is 1. The maximum Gasteiger partial charge on any atom is 0.237 e. The number of hydrogen-bond acceptors (Lipinski definition) is 5. The summed E-state index contributed by atoms with van der Waals surface area (Å²) in [6.45, 7) is 4.01. The zero-order chi connectivity index (χ0) is 19.2. The van der Waals surface area contributed by atoms with Gasteiger partial charge in [0.2, 0.25) is 18.6 Å². The van der Waals surface area contributed by atoms with Crippen LogP contribution in [0.5, 0.6) is 11.5 Å². The van der Waals surface area contributed by atoms with Gasteiger partial charge in [-0.25, -0.2) is 0 Å². The quantitative estimate of drug-likeness (QED) is 0.695. The molecule has 0 radical (unpaired) electrons. The summed E-state index contributed by atoms with van der Waals surface area (Å²) in [6.07, 6.45) is 1.29. The molecule has 2 N–H and O–H groups in total. The number of rotatable bonds is 7. The molecule has 0 fully saturated rings. The average molecular weight is 386 g/mol. The van der Waals surface area contributed by atoms with Gasteiger partial charge >= 0.3 is 0 Å². The Labute approximate surface area is 162 Å². The van der Waals surface area contributed by atoms with Crippen LogP contribution in [0.1, 0.15) is 26.7 Å². The topological polar surface area (TPSA) is 76.7 Å². The number of amides is 2. The van der Waals surface area contributed by atoms with Crippen LogP contribution >= 0.6 is 11.8 Å². The van der Waals surface area contributed by atoms with E-state index >= 15 is 0 Å². The third kappa shape index (κ3) is 5.17. The first kappa shape index (κ1) is 19.1. The van der Waals surface area contributed by atoms with Gasteiger partial charge in [-0.15, -0.1) is 11.8 Å². The van der Waals surface area contributed by atoms with Crippen LogP contribution in [0.25, 0.3) is 0 Å². The van der Waals surface area contributed by atoms with Crippen LogP contribution in [0.3, 0.4) is 0 Å². The van der Waals surface area contributed by atoms with Gasteiger partial charge in [0.05, 0.1) is 5.25 Å². The summed E-state index contributed by atoms with van der Waals surface area (Å²) in [5, 5.41) is 5.45. The fourth-order valence-corrected chi connectivity index (χ4v) is 3.50. The standard InChI is InChI=1S/C20H22N2O4S/c1-3-5-19(23)21-14-6-4-7-16(10-14)27-13(2)20(24)22-15-8-9-17-18(11-15)26-12-25-17/h4,6-11,13H,3,5,12H2,1-2H3,(H,21,23)(H,22,24). The molecule has 3 rings (SSSR count). The zero-order valence-corrected chi connectivity index (χ0v) is 16.1. The van der Waals surface area contributed by atoms with Crippen molar-refractivity contribution in [1.29, 1.82) is 0 Å². The van der Waals surface area contributed by atoms with E-state index < -0.39 is 0 Å². The molecule has 0 saturated carbocycles. The van der Waals surface area contributed by atoms with Crippen molar-refractivity contribution in [3.8, 4) is 11.5 Å². The van der Waals surface area contributed by atoms with Crippen molar-refractivity contribution < 1.29 is 19.1 Å². The molecule has 1 atom stereocenters. The van der Waals surface area contributed by atoms with Gasteiger partial charge in [-0.1, -0.05) is 13.0 Å². The van der Waals surface area contributed by atoms with E-state index in [1.807, 2.05) is 38.1 Å². The Morgan fingerprint density at radius 1 is 1.07 bits per heavy atom. The van der Waals surface area contributed by atoms with Crippen LogP contribution in [0.15, 0.2) is 47.4 Å². The van der Waals surface area contributed by atoms with E-state index in [-0.39, 0.29) is 23.9 Å². The van der Waals surface area contributed by atoms with E-state index in [0.29, 0.717) is 23.6 Å². The molecule has 27 heavy (non-hydrogen) atoms.